The fourth-order valence-electron chi connectivity index (χ4n) is 3.32. The Labute approximate surface area is 121 Å². The summed E-state index contributed by atoms with van der Waals surface area (Å²) < 4.78 is 2.05. The van der Waals surface area contributed by atoms with Crippen molar-refractivity contribution < 1.29 is 0 Å². The van der Waals surface area contributed by atoms with E-state index in [1.165, 1.54) is 40.9 Å². The van der Waals surface area contributed by atoms with Gasteiger partial charge in [-0.2, -0.15) is 5.10 Å². The summed E-state index contributed by atoms with van der Waals surface area (Å²) in [5, 5.41) is 8.31. The molecule has 2 heterocycles. The Morgan fingerprint density at radius 2 is 2.15 bits per heavy atom. The third-order valence-corrected chi connectivity index (χ3v) is 4.30. The lowest BCUT2D eigenvalue weighted by molar-refractivity contribution is 0.450. The number of benzene rings is 1. The van der Waals surface area contributed by atoms with Crippen LogP contribution in [-0.4, -0.2) is 22.9 Å². The highest BCUT2D eigenvalue weighted by Crippen LogP contribution is 2.32. The molecule has 0 bridgehead atoms. The zero-order valence-electron chi connectivity index (χ0n) is 12.6. The minimum atomic E-state index is 0.563. The number of hydrogen-bond donors (Lipinski definition) is 1. The van der Waals surface area contributed by atoms with E-state index in [4.69, 9.17) is 5.10 Å². The van der Waals surface area contributed by atoms with E-state index < -0.39 is 0 Å². The predicted octanol–water partition coefficient (Wildman–Crippen LogP) is 3.17. The van der Waals surface area contributed by atoms with Crippen molar-refractivity contribution in [2.24, 2.45) is 7.05 Å². The van der Waals surface area contributed by atoms with E-state index >= 15 is 0 Å². The van der Waals surface area contributed by atoms with E-state index in [9.17, 15) is 0 Å². The normalized spacial score (nSPS) is 19.2. The first-order valence-corrected chi connectivity index (χ1v) is 7.48. The van der Waals surface area contributed by atoms with Gasteiger partial charge < -0.3 is 5.32 Å². The summed E-state index contributed by atoms with van der Waals surface area (Å²) >= 11 is 0. The molecule has 3 rings (SSSR count). The van der Waals surface area contributed by atoms with Crippen LogP contribution >= 0.6 is 0 Å². The Kier molecular flexibility index (Phi) is 3.62. The van der Waals surface area contributed by atoms with E-state index in [2.05, 4.69) is 50.5 Å². The van der Waals surface area contributed by atoms with Crippen LogP contribution in [0.15, 0.2) is 24.3 Å². The van der Waals surface area contributed by atoms with Crippen LogP contribution in [0.2, 0.25) is 0 Å². The van der Waals surface area contributed by atoms with Gasteiger partial charge in [0.05, 0.1) is 11.4 Å². The lowest BCUT2D eigenvalue weighted by atomic mass is 9.92. The molecule has 1 aliphatic rings. The molecule has 1 fully saturated rings. The van der Waals surface area contributed by atoms with Gasteiger partial charge in [-0.05, 0) is 44.9 Å². The van der Waals surface area contributed by atoms with Crippen LogP contribution in [0.5, 0.6) is 0 Å². The van der Waals surface area contributed by atoms with E-state index in [0.717, 1.165) is 13.1 Å². The number of nitrogens with one attached hydrogen (secondary N) is 1. The first-order valence-electron chi connectivity index (χ1n) is 7.48. The molecule has 1 aromatic heterocycles. The Balaban J connectivity index is 2.02. The summed E-state index contributed by atoms with van der Waals surface area (Å²) in [5.41, 5.74) is 6.44. The van der Waals surface area contributed by atoms with Gasteiger partial charge in [-0.1, -0.05) is 23.8 Å². The molecule has 1 aliphatic heterocycles. The maximum Gasteiger partial charge on any atom is 0.0711 e. The fourth-order valence-corrected chi connectivity index (χ4v) is 3.32. The molecule has 0 aliphatic carbocycles. The van der Waals surface area contributed by atoms with Crippen LogP contribution in [0.3, 0.4) is 0 Å². The lowest BCUT2D eigenvalue weighted by Gasteiger charge is -2.21. The molecule has 0 saturated carbocycles. The zero-order valence-corrected chi connectivity index (χ0v) is 12.6. The van der Waals surface area contributed by atoms with Crippen molar-refractivity contribution in [1.82, 2.24) is 15.1 Å². The molecule has 0 radical (unpaired) electrons. The molecule has 106 valence electrons. The molecule has 2 aromatic rings. The summed E-state index contributed by atoms with van der Waals surface area (Å²) in [6.07, 6.45) is 2.50. The average Bonchev–Trinajstić information content (AvgIpc) is 2.75. The number of aryl methyl sites for hydroxylation is 2. The fraction of sp³-hybridized carbons (Fsp3) is 0.471. The third-order valence-electron chi connectivity index (χ3n) is 4.30. The Bertz CT molecular complexity index is 607. The van der Waals surface area contributed by atoms with Crippen molar-refractivity contribution in [3.05, 3.63) is 41.1 Å². The van der Waals surface area contributed by atoms with Crippen LogP contribution in [0.25, 0.3) is 11.3 Å². The van der Waals surface area contributed by atoms with Gasteiger partial charge in [-0.15, -0.1) is 0 Å². The second kappa shape index (κ2) is 5.41. The van der Waals surface area contributed by atoms with Crippen LogP contribution in [0.4, 0.5) is 0 Å². The van der Waals surface area contributed by atoms with E-state index in [0.29, 0.717) is 5.92 Å². The molecule has 3 heteroatoms. The molecule has 1 unspecified atom stereocenters. The van der Waals surface area contributed by atoms with E-state index in [-0.39, 0.29) is 0 Å². The maximum absolute atomic E-state index is 4.82. The molecular weight excluding hydrogens is 246 g/mol. The SMILES string of the molecule is Cc1cccc(-c2c(C)c(C3CCCNC3)nn2C)c1. The monoisotopic (exact) mass is 269 g/mol. The number of hydrogen-bond acceptors (Lipinski definition) is 2. The molecule has 0 spiro atoms. The topological polar surface area (TPSA) is 29.9 Å². The van der Waals surface area contributed by atoms with Gasteiger partial charge >= 0.3 is 0 Å². The first-order chi connectivity index (χ1) is 9.66. The third kappa shape index (κ3) is 2.38. The van der Waals surface area contributed by atoms with Crippen molar-refractivity contribution in [3.8, 4) is 11.3 Å². The van der Waals surface area contributed by atoms with E-state index in [1.54, 1.807) is 0 Å². The zero-order chi connectivity index (χ0) is 14.1. The Morgan fingerprint density at radius 1 is 1.30 bits per heavy atom. The maximum atomic E-state index is 4.82. The molecule has 1 atom stereocenters. The Morgan fingerprint density at radius 3 is 2.85 bits per heavy atom. The highest BCUT2D eigenvalue weighted by Gasteiger charge is 2.23. The molecule has 1 N–H and O–H groups in total. The summed E-state index contributed by atoms with van der Waals surface area (Å²) in [7, 11) is 2.06. The first kappa shape index (κ1) is 13.4. The van der Waals surface area contributed by atoms with Gasteiger partial charge in [0.2, 0.25) is 0 Å². The molecular formula is C17H23N3. The van der Waals surface area contributed by atoms with Crippen molar-refractivity contribution in [2.45, 2.75) is 32.6 Å². The van der Waals surface area contributed by atoms with Crippen LogP contribution in [-0.2, 0) is 7.05 Å². The van der Waals surface area contributed by atoms with Crippen LogP contribution < -0.4 is 5.32 Å². The van der Waals surface area contributed by atoms with Gasteiger partial charge in [-0.25, -0.2) is 0 Å². The standard InChI is InChI=1S/C17H23N3/c1-12-6-4-7-14(10-12)17-13(2)16(19-20(17)3)15-8-5-9-18-11-15/h4,6-7,10,15,18H,5,8-9,11H2,1-3H3. The second-order valence-corrected chi connectivity index (χ2v) is 5.90. The highest BCUT2D eigenvalue weighted by molar-refractivity contribution is 5.65. The van der Waals surface area contributed by atoms with Crippen LogP contribution in [0, 0.1) is 13.8 Å². The van der Waals surface area contributed by atoms with Gasteiger partial charge in [0.15, 0.2) is 0 Å². The molecule has 3 nitrogen and oxygen atoms in total. The quantitative estimate of drug-likeness (QED) is 0.907. The average molecular weight is 269 g/mol. The number of piperidine rings is 1. The van der Waals surface area contributed by atoms with Crippen LogP contribution in [0.1, 0.15) is 35.6 Å². The van der Waals surface area contributed by atoms with Gasteiger partial charge in [0, 0.05) is 25.1 Å². The molecule has 20 heavy (non-hydrogen) atoms. The minimum Gasteiger partial charge on any atom is -0.316 e. The van der Waals surface area contributed by atoms with Gasteiger partial charge in [0.25, 0.3) is 0 Å². The summed E-state index contributed by atoms with van der Waals surface area (Å²) in [6, 6.07) is 8.69. The molecule has 1 saturated heterocycles. The summed E-state index contributed by atoms with van der Waals surface area (Å²) in [6.45, 7) is 6.56. The molecule has 0 amide bonds. The van der Waals surface area contributed by atoms with Crippen molar-refractivity contribution in [1.29, 1.82) is 0 Å². The lowest BCUT2D eigenvalue weighted by Crippen LogP contribution is -2.28. The number of aromatic nitrogens is 2. The smallest absolute Gasteiger partial charge is 0.0711 e. The van der Waals surface area contributed by atoms with Gasteiger partial charge in [-0.3, -0.25) is 4.68 Å². The van der Waals surface area contributed by atoms with E-state index in [1.807, 2.05) is 4.68 Å². The highest BCUT2D eigenvalue weighted by atomic mass is 15.3. The number of nitrogens with zero attached hydrogens (tertiary/aromatic N) is 2. The minimum absolute atomic E-state index is 0.563. The molecule has 1 aromatic carbocycles. The summed E-state index contributed by atoms with van der Waals surface area (Å²) in [5.74, 6) is 0.563. The van der Waals surface area contributed by atoms with Crippen molar-refractivity contribution in [2.75, 3.05) is 13.1 Å². The Hall–Kier alpha value is -1.61. The van der Waals surface area contributed by atoms with Crippen molar-refractivity contribution in [3.63, 3.8) is 0 Å². The largest absolute Gasteiger partial charge is 0.316 e. The van der Waals surface area contributed by atoms with Gasteiger partial charge in [0.1, 0.15) is 0 Å². The van der Waals surface area contributed by atoms with Crippen molar-refractivity contribution >= 4 is 0 Å². The predicted molar refractivity (Wildman–Crippen MR) is 83.0 cm³/mol. The summed E-state index contributed by atoms with van der Waals surface area (Å²) in [4.78, 5) is 0. The second-order valence-electron chi connectivity index (χ2n) is 5.90. The number of rotatable bonds is 2.